The van der Waals surface area contributed by atoms with Crippen molar-refractivity contribution < 1.29 is 8.42 Å². The van der Waals surface area contributed by atoms with E-state index in [1.165, 1.54) is 5.56 Å². The molecule has 0 atom stereocenters. The molecule has 4 nitrogen and oxygen atoms in total. The summed E-state index contributed by atoms with van der Waals surface area (Å²) >= 11 is 0. The molecule has 1 aliphatic rings. The molecule has 0 radical (unpaired) electrons. The van der Waals surface area contributed by atoms with Gasteiger partial charge in [-0.2, -0.15) is 0 Å². The Hall–Kier alpha value is -1.07. The van der Waals surface area contributed by atoms with Gasteiger partial charge in [-0.25, -0.2) is 13.1 Å². The lowest BCUT2D eigenvalue weighted by molar-refractivity contribution is 0.530. The molecule has 5 heteroatoms. The van der Waals surface area contributed by atoms with Crippen molar-refractivity contribution in [1.29, 1.82) is 0 Å². The highest BCUT2D eigenvalue weighted by Gasteiger charge is 2.17. The Kier molecular flexibility index (Phi) is 5.05. The predicted molar refractivity (Wildman–Crippen MR) is 82.5 cm³/mol. The van der Waals surface area contributed by atoms with Crippen molar-refractivity contribution in [1.82, 2.24) is 4.72 Å². The summed E-state index contributed by atoms with van der Waals surface area (Å²) in [5, 5.41) is 3.21. The molecule has 1 aromatic rings. The molecular weight excluding hydrogens is 272 g/mol. The Morgan fingerprint density at radius 1 is 1.30 bits per heavy atom. The molecule has 0 unspecified atom stereocenters. The minimum absolute atomic E-state index is 0.356. The summed E-state index contributed by atoms with van der Waals surface area (Å²) in [4.78, 5) is 0.356. The number of nitrogens with one attached hydrogen (secondary N) is 2. The molecule has 2 rings (SSSR count). The molecule has 1 aromatic carbocycles. The highest BCUT2D eigenvalue weighted by atomic mass is 32.2. The second-order valence-corrected chi connectivity index (χ2v) is 7.55. The van der Waals surface area contributed by atoms with Gasteiger partial charge in [0.1, 0.15) is 0 Å². The summed E-state index contributed by atoms with van der Waals surface area (Å²) < 4.78 is 27.1. The molecule has 112 valence electrons. The highest BCUT2D eigenvalue weighted by Crippen LogP contribution is 2.25. The van der Waals surface area contributed by atoms with Gasteiger partial charge in [0.05, 0.1) is 4.90 Å². The van der Waals surface area contributed by atoms with Crippen LogP contribution in [0, 0.1) is 5.92 Å². The van der Waals surface area contributed by atoms with E-state index in [9.17, 15) is 8.42 Å². The van der Waals surface area contributed by atoms with Gasteiger partial charge in [-0.3, -0.25) is 0 Å². The standard InChI is InChI=1S/C15H24N2O2S/c1-12(2)5-3-4-9-17-20(18,19)14-7-6-13-8-10-16-15(13)11-14/h6-7,11-12,16-17H,3-5,8-10H2,1-2H3. The Balaban J connectivity index is 1.90. The molecule has 0 fully saturated rings. The number of benzene rings is 1. The topological polar surface area (TPSA) is 58.2 Å². The minimum Gasteiger partial charge on any atom is -0.384 e. The zero-order valence-electron chi connectivity index (χ0n) is 12.3. The van der Waals surface area contributed by atoms with E-state index in [1.807, 2.05) is 6.07 Å². The summed E-state index contributed by atoms with van der Waals surface area (Å²) in [7, 11) is -3.37. The smallest absolute Gasteiger partial charge is 0.240 e. The first-order valence-electron chi connectivity index (χ1n) is 7.35. The molecule has 0 saturated heterocycles. The molecule has 0 amide bonds. The molecule has 0 aromatic heterocycles. The van der Waals surface area contributed by atoms with Crippen LogP contribution in [-0.4, -0.2) is 21.5 Å². The third kappa shape index (κ3) is 3.96. The van der Waals surface area contributed by atoms with Crippen LogP contribution in [0.2, 0.25) is 0 Å². The molecule has 0 bridgehead atoms. The van der Waals surface area contributed by atoms with Gasteiger partial charge in [0.2, 0.25) is 10.0 Å². The van der Waals surface area contributed by atoms with Crippen molar-refractivity contribution in [3.05, 3.63) is 23.8 Å². The minimum atomic E-state index is -3.37. The SMILES string of the molecule is CC(C)CCCCNS(=O)(=O)c1ccc2c(c1)NCC2. The monoisotopic (exact) mass is 296 g/mol. The fourth-order valence-electron chi connectivity index (χ4n) is 2.40. The summed E-state index contributed by atoms with van der Waals surface area (Å²) in [6, 6.07) is 5.34. The molecule has 1 heterocycles. The first kappa shape index (κ1) is 15.3. The van der Waals surface area contributed by atoms with Crippen LogP contribution in [0.15, 0.2) is 23.1 Å². The van der Waals surface area contributed by atoms with Gasteiger partial charge in [-0.15, -0.1) is 0 Å². The Morgan fingerprint density at radius 3 is 2.85 bits per heavy atom. The van der Waals surface area contributed by atoms with Crippen LogP contribution >= 0.6 is 0 Å². The number of hydrogen-bond acceptors (Lipinski definition) is 3. The number of anilines is 1. The van der Waals surface area contributed by atoms with Gasteiger partial charge >= 0.3 is 0 Å². The second-order valence-electron chi connectivity index (χ2n) is 5.78. The van der Waals surface area contributed by atoms with Gasteiger partial charge < -0.3 is 5.32 Å². The average Bonchev–Trinajstić information content (AvgIpc) is 2.85. The van der Waals surface area contributed by atoms with Gasteiger partial charge in [0.15, 0.2) is 0 Å². The maximum atomic E-state index is 12.2. The van der Waals surface area contributed by atoms with E-state index < -0.39 is 10.0 Å². The number of hydrogen-bond donors (Lipinski definition) is 2. The van der Waals surface area contributed by atoms with E-state index in [4.69, 9.17) is 0 Å². The van der Waals surface area contributed by atoms with Crippen molar-refractivity contribution in [2.45, 2.75) is 44.4 Å². The van der Waals surface area contributed by atoms with Crippen LogP contribution in [0.4, 0.5) is 5.69 Å². The second kappa shape index (κ2) is 6.59. The summed E-state index contributed by atoms with van der Waals surface area (Å²) in [6.45, 7) is 5.77. The molecule has 1 aliphatic heterocycles. The lowest BCUT2D eigenvalue weighted by Gasteiger charge is -2.09. The number of sulfonamides is 1. The normalized spacial score (nSPS) is 14.3. The van der Waals surface area contributed by atoms with E-state index >= 15 is 0 Å². The van der Waals surface area contributed by atoms with Crippen molar-refractivity contribution >= 4 is 15.7 Å². The first-order valence-corrected chi connectivity index (χ1v) is 8.84. The lowest BCUT2D eigenvalue weighted by Crippen LogP contribution is -2.24. The zero-order valence-corrected chi connectivity index (χ0v) is 13.1. The van der Waals surface area contributed by atoms with Crippen molar-refractivity contribution in [2.75, 3.05) is 18.4 Å². The fraction of sp³-hybridized carbons (Fsp3) is 0.600. The molecule has 0 saturated carbocycles. The Morgan fingerprint density at radius 2 is 2.10 bits per heavy atom. The number of fused-ring (bicyclic) bond motifs is 1. The quantitative estimate of drug-likeness (QED) is 0.761. The molecule has 0 aliphatic carbocycles. The van der Waals surface area contributed by atoms with Crippen LogP contribution < -0.4 is 10.0 Å². The van der Waals surface area contributed by atoms with E-state index in [1.54, 1.807) is 12.1 Å². The number of rotatable bonds is 7. The molecule has 20 heavy (non-hydrogen) atoms. The van der Waals surface area contributed by atoms with Gasteiger partial charge in [-0.1, -0.05) is 32.8 Å². The summed E-state index contributed by atoms with van der Waals surface area (Å²) in [5.74, 6) is 0.675. The third-order valence-electron chi connectivity index (χ3n) is 3.60. The van der Waals surface area contributed by atoms with Crippen LogP contribution in [0.3, 0.4) is 0 Å². The van der Waals surface area contributed by atoms with Crippen LogP contribution in [-0.2, 0) is 16.4 Å². The van der Waals surface area contributed by atoms with Crippen molar-refractivity contribution in [3.8, 4) is 0 Å². The van der Waals surface area contributed by atoms with E-state index in [0.717, 1.165) is 37.9 Å². The van der Waals surface area contributed by atoms with Crippen LogP contribution in [0.1, 0.15) is 38.7 Å². The first-order chi connectivity index (χ1) is 9.49. The van der Waals surface area contributed by atoms with E-state index in [0.29, 0.717) is 17.4 Å². The van der Waals surface area contributed by atoms with Crippen LogP contribution in [0.25, 0.3) is 0 Å². The van der Waals surface area contributed by atoms with Crippen LogP contribution in [0.5, 0.6) is 0 Å². The van der Waals surface area contributed by atoms with E-state index in [-0.39, 0.29) is 0 Å². The third-order valence-corrected chi connectivity index (χ3v) is 5.06. The number of unbranched alkanes of at least 4 members (excludes halogenated alkanes) is 1. The van der Waals surface area contributed by atoms with Gasteiger partial charge in [0.25, 0.3) is 0 Å². The molecular formula is C15H24N2O2S. The zero-order chi connectivity index (χ0) is 14.6. The molecule has 2 N–H and O–H groups in total. The van der Waals surface area contributed by atoms with Gasteiger partial charge in [0, 0.05) is 18.8 Å². The molecule has 0 spiro atoms. The Bertz CT molecular complexity index is 553. The maximum Gasteiger partial charge on any atom is 0.240 e. The average molecular weight is 296 g/mol. The predicted octanol–water partition coefficient (Wildman–Crippen LogP) is 2.76. The van der Waals surface area contributed by atoms with Gasteiger partial charge in [-0.05, 0) is 36.5 Å². The lowest BCUT2D eigenvalue weighted by atomic mass is 10.1. The van der Waals surface area contributed by atoms with Crippen molar-refractivity contribution in [3.63, 3.8) is 0 Å². The highest BCUT2D eigenvalue weighted by molar-refractivity contribution is 7.89. The van der Waals surface area contributed by atoms with Crippen molar-refractivity contribution in [2.24, 2.45) is 5.92 Å². The summed E-state index contributed by atoms with van der Waals surface area (Å²) in [5.41, 5.74) is 2.15. The summed E-state index contributed by atoms with van der Waals surface area (Å²) in [6.07, 6.45) is 4.06. The Labute approximate surface area is 122 Å². The largest absolute Gasteiger partial charge is 0.384 e. The fourth-order valence-corrected chi connectivity index (χ4v) is 3.50. The maximum absolute atomic E-state index is 12.2. The van der Waals surface area contributed by atoms with E-state index in [2.05, 4.69) is 23.9 Å².